The van der Waals surface area contributed by atoms with Crippen molar-refractivity contribution in [2.75, 3.05) is 6.61 Å². The third kappa shape index (κ3) is 4.36. The normalized spacial score (nSPS) is 11.3. The third-order valence-electron chi connectivity index (χ3n) is 1.67. The molecule has 0 bridgehead atoms. The van der Waals surface area contributed by atoms with E-state index < -0.39 is 10.0 Å². The van der Waals surface area contributed by atoms with E-state index in [-0.39, 0.29) is 11.5 Å². The quantitative estimate of drug-likeness (QED) is 0.767. The van der Waals surface area contributed by atoms with Crippen LogP contribution < -0.4 is 9.88 Å². The topological polar surface area (TPSA) is 69.4 Å². The van der Waals surface area contributed by atoms with Crippen molar-refractivity contribution in [1.29, 1.82) is 0 Å². The molecule has 0 aliphatic heterocycles. The monoisotopic (exact) mass is 447 g/mol. The van der Waals surface area contributed by atoms with Crippen LogP contribution in [0.5, 0.6) is 5.75 Å². The van der Waals surface area contributed by atoms with Crippen molar-refractivity contribution in [3.63, 3.8) is 0 Å². The number of hydrogen-bond acceptors (Lipinski definition) is 3. The van der Waals surface area contributed by atoms with Crippen molar-refractivity contribution < 1.29 is 13.2 Å². The highest BCUT2D eigenvalue weighted by atomic mass is 79.9. The van der Waals surface area contributed by atoms with Gasteiger partial charge in [0.25, 0.3) is 0 Å². The lowest BCUT2D eigenvalue weighted by Crippen LogP contribution is -2.12. The van der Waals surface area contributed by atoms with E-state index in [4.69, 9.17) is 9.88 Å². The smallest absolute Gasteiger partial charge is 0.238 e. The fraction of sp³-hybridized carbons (Fsp3) is 0.111. The highest BCUT2D eigenvalue weighted by Crippen LogP contribution is 2.36. The maximum atomic E-state index is 11.2. The summed E-state index contributed by atoms with van der Waals surface area (Å²) in [5.74, 6) is 0.484. The van der Waals surface area contributed by atoms with Gasteiger partial charge >= 0.3 is 0 Å². The number of ether oxygens (including phenoxy) is 1. The molecule has 0 aliphatic rings. The zero-order chi connectivity index (χ0) is 13.2. The number of sulfonamides is 1. The maximum Gasteiger partial charge on any atom is 0.238 e. The lowest BCUT2D eigenvalue weighted by atomic mass is 10.3. The highest BCUT2D eigenvalue weighted by molar-refractivity contribution is 9.11. The van der Waals surface area contributed by atoms with E-state index in [1.54, 1.807) is 0 Å². The number of primary sulfonamides is 1. The van der Waals surface area contributed by atoms with Gasteiger partial charge in [0.05, 0.1) is 13.8 Å². The molecule has 4 nitrogen and oxygen atoms in total. The van der Waals surface area contributed by atoms with Gasteiger partial charge in [0.15, 0.2) is 0 Å². The number of benzene rings is 1. The van der Waals surface area contributed by atoms with Crippen molar-refractivity contribution in [3.8, 4) is 5.75 Å². The van der Waals surface area contributed by atoms with Gasteiger partial charge in [-0.05, 0) is 44.0 Å². The molecule has 1 aromatic rings. The molecule has 0 atom stereocenters. The molecule has 0 saturated heterocycles. The Morgan fingerprint density at radius 2 is 1.82 bits per heavy atom. The Morgan fingerprint density at radius 3 is 2.18 bits per heavy atom. The molecule has 0 aromatic heterocycles. The Hall–Kier alpha value is 0.110. The van der Waals surface area contributed by atoms with Crippen LogP contribution in [-0.2, 0) is 10.0 Å². The summed E-state index contributed by atoms with van der Waals surface area (Å²) >= 11 is 9.60. The van der Waals surface area contributed by atoms with Gasteiger partial charge in [0, 0.05) is 4.48 Å². The van der Waals surface area contributed by atoms with Crippen molar-refractivity contribution in [2.24, 2.45) is 5.14 Å². The Morgan fingerprint density at radius 1 is 1.35 bits per heavy atom. The van der Waals surface area contributed by atoms with E-state index in [2.05, 4.69) is 54.4 Å². The zero-order valence-electron chi connectivity index (χ0n) is 8.41. The highest BCUT2D eigenvalue weighted by Gasteiger charge is 2.15. The van der Waals surface area contributed by atoms with Crippen LogP contribution in [0.25, 0.3) is 0 Å². The number of halogens is 3. The predicted octanol–water partition coefficient (Wildman–Crippen LogP) is 3.15. The Labute approximate surface area is 125 Å². The molecule has 17 heavy (non-hydrogen) atoms. The van der Waals surface area contributed by atoms with Crippen LogP contribution in [0.3, 0.4) is 0 Å². The van der Waals surface area contributed by atoms with Gasteiger partial charge in [-0.15, -0.1) is 0 Å². The molecule has 0 fully saturated rings. The van der Waals surface area contributed by atoms with Crippen LogP contribution in [0.2, 0.25) is 0 Å². The van der Waals surface area contributed by atoms with Gasteiger partial charge in [0.2, 0.25) is 10.0 Å². The summed E-state index contributed by atoms with van der Waals surface area (Å²) in [6.45, 7) is 3.90. The molecule has 0 spiro atoms. The number of rotatable bonds is 4. The minimum atomic E-state index is -3.74. The molecule has 0 saturated carbocycles. The second-order valence-electron chi connectivity index (χ2n) is 3.07. The third-order valence-corrected chi connectivity index (χ3v) is 3.97. The first-order valence-electron chi connectivity index (χ1n) is 4.19. The average Bonchev–Trinajstić information content (AvgIpc) is 2.14. The lowest BCUT2D eigenvalue weighted by molar-refractivity contribution is 0.356. The molecule has 1 aromatic carbocycles. The maximum absolute atomic E-state index is 11.2. The molecular weight excluding hydrogens is 442 g/mol. The van der Waals surface area contributed by atoms with E-state index in [0.717, 1.165) is 0 Å². The van der Waals surface area contributed by atoms with Crippen molar-refractivity contribution >= 4 is 57.8 Å². The molecule has 0 radical (unpaired) electrons. The standard InChI is InChI=1S/C9H8Br3NO3S/c1-5(10)4-16-9-7(11)2-6(3-8(9)12)17(13,14)15/h2-3H,1,4H2,(H2,13,14,15). The summed E-state index contributed by atoms with van der Waals surface area (Å²) in [5, 5.41) is 5.03. The molecule has 2 N–H and O–H groups in total. The van der Waals surface area contributed by atoms with Crippen molar-refractivity contribution in [3.05, 3.63) is 32.1 Å². The molecule has 0 amide bonds. The first-order chi connectivity index (χ1) is 7.71. The minimum Gasteiger partial charge on any atom is -0.486 e. The van der Waals surface area contributed by atoms with Crippen LogP contribution in [0, 0.1) is 0 Å². The summed E-state index contributed by atoms with van der Waals surface area (Å²) in [6.07, 6.45) is 0. The summed E-state index contributed by atoms with van der Waals surface area (Å²) in [6, 6.07) is 2.76. The van der Waals surface area contributed by atoms with E-state index in [1.807, 2.05) is 0 Å². The van der Waals surface area contributed by atoms with Gasteiger partial charge in [-0.25, -0.2) is 13.6 Å². The largest absolute Gasteiger partial charge is 0.486 e. The van der Waals surface area contributed by atoms with Gasteiger partial charge in [-0.3, -0.25) is 0 Å². The van der Waals surface area contributed by atoms with Gasteiger partial charge in [0.1, 0.15) is 12.4 Å². The van der Waals surface area contributed by atoms with Crippen molar-refractivity contribution in [1.82, 2.24) is 0 Å². The molecular formula is C9H8Br3NO3S. The number of hydrogen-bond donors (Lipinski definition) is 1. The fourth-order valence-electron chi connectivity index (χ4n) is 0.989. The molecule has 1 rings (SSSR count). The van der Waals surface area contributed by atoms with Crippen LogP contribution in [0.4, 0.5) is 0 Å². The van der Waals surface area contributed by atoms with Crippen LogP contribution in [0.15, 0.2) is 37.0 Å². The van der Waals surface area contributed by atoms with Crippen LogP contribution in [-0.4, -0.2) is 15.0 Å². The number of nitrogens with two attached hydrogens (primary N) is 1. The molecule has 94 valence electrons. The summed E-state index contributed by atoms with van der Waals surface area (Å²) < 4.78 is 29.5. The minimum absolute atomic E-state index is 0.00117. The van der Waals surface area contributed by atoms with Gasteiger partial charge in [-0.1, -0.05) is 22.5 Å². The first-order valence-corrected chi connectivity index (χ1v) is 8.12. The Balaban J connectivity index is 3.15. The van der Waals surface area contributed by atoms with E-state index >= 15 is 0 Å². The van der Waals surface area contributed by atoms with Gasteiger partial charge in [-0.2, -0.15) is 0 Å². The van der Waals surface area contributed by atoms with Crippen LogP contribution in [0.1, 0.15) is 0 Å². The molecule has 0 heterocycles. The second-order valence-corrected chi connectivity index (χ2v) is 7.46. The summed E-state index contributed by atoms with van der Waals surface area (Å²) in [5.41, 5.74) is 0. The average molecular weight is 450 g/mol. The molecule has 8 heteroatoms. The molecule has 0 aliphatic carbocycles. The summed E-state index contributed by atoms with van der Waals surface area (Å²) in [7, 11) is -3.74. The summed E-state index contributed by atoms with van der Waals surface area (Å²) in [4.78, 5) is 0.00117. The Kier molecular flexibility index (Phi) is 5.21. The van der Waals surface area contributed by atoms with Crippen molar-refractivity contribution in [2.45, 2.75) is 4.90 Å². The SMILES string of the molecule is C=C(Br)COc1c(Br)cc(S(N)(=O)=O)cc1Br. The second kappa shape index (κ2) is 5.83. The first kappa shape index (κ1) is 15.2. The zero-order valence-corrected chi connectivity index (χ0v) is 14.0. The fourth-order valence-corrected chi connectivity index (χ4v) is 3.39. The van der Waals surface area contributed by atoms with E-state index in [9.17, 15) is 8.42 Å². The van der Waals surface area contributed by atoms with E-state index in [1.165, 1.54) is 12.1 Å². The lowest BCUT2D eigenvalue weighted by Gasteiger charge is -2.11. The van der Waals surface area contributed by atoms with E-state index in [0.29, 0.717) is 19.2 Å². The van der Waals surface area contributed by atoms with Crippen LogP contribution >= 0.6 is 47.8 Å². The van der Waals surface area contributed by atoms with Gasteiger partial charge < -0.3 is 4.74 Å². The molecule has 0 unspecified atom stereocenters. The Bertz CT molecular complexity index is 534. The predicted molar refractivity (Wildman–Crippen MR) is 76.8 cm³/mol.